The number of pyridine rings is 1. The van der Waals surface area contributed by atoms with Crippen molar-refractivity contribution in [3.63, 3.8) is 0 Å². The molecule has 0 radical (unpaired) electrons. The molecule has 3 aromatic carbocycles. The van der Waals surface area contributed by atoms with E-state index in [-0.39, 0.29) is 40.3 Å². The number of hydrogen-bond donors (Lipinski definition) is 3. The smallest absolute Gasteiger partial charge is 0.337 e. The lowest BCUT2D eigenvalue weighted by atomic mass is 9.95. The number of aryl methyl sites for hydroxylation is 3. The maximum atomic E-state index is 13.9. The van der Waals surface area contributed by atoms with E-state index in [2.05, 4.69) is 15.6 Å². The number of ether oxygens (including phenoxy) is 1. The number of sulfonamides is 1. The largest absolute Gasteiger partial charge is 0.478 e. The fraction of sp³-hybridized carbons (Fsp3) is 0.244. The molecule has 1 aliphatic carbocycles. The lowest BCUT2D eigenvalue weighted by Crippen LogP contribution is -2.32. The summed E-state index contributed by atoms with van der Waals surface area (Å²) in [6, 6.07) is 23.2. The average Bonchev–Trinajstić information content (AvgIpc) is 3.57. The Labute approximate surface area is 323 Å². The number of benzene rings is 3. The Kier molecular flexibility index (Phi) is 12.1. The molecule has 2 amide bonds. The zero-order valence-electron chi connectivity index (χ0n) is 30.3. The fourth-order valence-corrected chi connectivity index (χ4v) is 9.22. The molecule has 0 fully saturated rings. The Balaban J connectivity index is 1.17. The van der Waals surface area contributed by atoms with Gasteiger partial charge in [0.1, 0.15) is 10.8 Å². The molecule has 2 aromatic heterocycles. The van der Waals surface area contributed by atoms with Crippen LogP contribution in [0, 0.1) is 0 Å². The Bertz CT molecular complexity index is 2320. The normalized spacial score (nSPS) is 12.3. The van der Waals surface area contributed by atoms with Gasteiger partial charge in [-0.2, -0.15) is 0 Å². The highest BCUT2D eigenvalue weighted by atomic mass is 32.2. The van der Waals surface area contributed by atoms with Crippen molar-refractivity contribution in [3.05, 3.63) is 135 Å². The van der Waals surface area contributed by atoms with Crippen LogP contribution in [0.25, 0.3) is 0 Å². The summed E-state index contributed by atoms with van der Waals surface area (Å²) in [5.41, 5.74) is 4.57. The molecule has 0 atom stereocenters. The maximum Gasteiger partial charge on any atom is 0.337 e. The average molecular weight is 781 g/mol. The summed E-state index contributed by atoms with van der Waals surface area (Å²) in [6.45, 7) is 1.88. The first-order valence-corrected chi connectivity index (χ1v) is 20.1. The molecule has 14 heteroatoms. The Morgan fingerprint density at radius 3 is 2.15 bits per heavy atom. The summed E-state index contributed by atoms with van der Waals surface area (Å²) in [7, 11) is -2.85. The van der Waals surface area contributed by atoms with Crippen LogP contribution in [0.5, 0.6) is 0 Å². The molecule has 5 aromatic rings. The van der Waals surface area contributed by atoms with E-state index in [0.717, 1.165) is 64.2 Å². The predicted octanol–water partition coefficient (Wildman–Crippen LogP) is 7.40. The highest BCUT2D eigenvalue weighted by molar-refractivity contribution is 7.92. The van der Waals surface area contributed by atoms with E-state index in [4.69, 9.17) is 4.74 Å². The molecule has 1 aliphatic rings. The van der Waals surface area contributed by atoms with Crippen LogP contribution in [0.2, 0.25) is 0 Å². The van der Waals surface area contributed by atoms with Crippen LogP contribution in [0.3, 0.4) is 0 Å². The van der Waals surface area contributed by atoms with Crippen molar-refractivity contribution in [1.29, 1.82) is 0 Å². The Hall–Kier alpha value is -5.86. The minimum Gasteiger partial charge on any atom is -0.478 e. The quantitative estimate of drug-likeness (QED) is 0.0971. The van der Waals surface area contributed by atoms with Crippen molar-refractivity contribution >= 4 is 61.6 Å². The number of nitrogens with one attached hydrogen (secondary N) is 2. The van der Waals surface area contributed by atoms with Crippen LogP contribution < -0.4 is 14.9 Å². The number of methoxy groups -OCH3 is 1. The zero-order chi connectivity index (χ0) is 39.1. The van der Waals surface area contributed by atoms with E-state index in [0.29, 0.717) is 34.7 Å². The zero-order valence-corrected chi connectivity index (χ0v) is 32.0. The summed E-state index contributed by atoms with van der Waals surface area (Å²) in [5, 5.41) is 15.5. The SMILES string of the molecule is CCCN(c1ccc(C(=O)O)cn1)S(=O)(=O)c1cccc(C(=O)Nc2sc3c(c2C(=O)Nc2ccc(CCc4ccc(C(=O)OC)cc4)cc2)CCCC3)c1. The van der Waals surface area contributed by atoms with Crippen LogP contribution in [-0.2, 0) is 40.4 Å². The van der Waals surface area contributed by atoms with Crippen molar-refractivity contribution in [2.24, 2.45) is 0 Å². The molecule has 0 spiro atoms. The second kappa shape index (κ2) is 17.1. The first-order valence-electron chi connectivity index (χ1n) is 17.8. The second-order valence-corrected chi connectivity index (χ2v) is 16.0. The van der Waals surface area contributed by atoms with E-state index in [1.165, 1.54) is 54.8 Å². The number of anilines is 3. The van der Waals surface area contributed by atoms with Crippen molar-refractivity contribution in [3.8, 4) is 0 Å². The van der Waals surface area contributed by atoms with Gasteiger partial charge >= 0.3 is 11.9 Å². The number of carboxylic acid groups (broad SMARTS) is 1. The van der Waals surface area contributed by atoms with E-state index in [1.54, 1.807) is 19.1 Å². The van der Waals surface area contributed by atoms with Gasteiger partial charge < -0.3 is 20.5 Å². The second-order valence-electron chi connectivity index (χ2n) is 13.0. The molecule has 12 nitrogen and oxygen atoms in total. The number of aromatic carboxylic acids is 1. The minimum atomic E-state index is -4.20. The third-order valence-electron chi connectivity index (χ3n) is 9.28. The lowest BCUT2D eigenvalue weighted by Gasteiger charge is -2.23. The van der Waals surface area contributed by atoms with Gasteiger partial charge in [0, 0.05) is 28.9 Å². The maximum absolute atomic E-state index is 13.9. The van der Waals surface area contributed by atoms with Crippen molar-refractivity contribution in [2.75, 3.05) is 28.6 Å². The molecule has 0 aliphatic heterocycles. The first-order chi connectivity index (χ1) is 26.5. The number of rotatable bonds is 14. The molecular weight excluding hydrogens is 741 g/mol. The summed E-state index contributed by atoms with van der Waals surface area (Å²) >= 11 is 1.36. The van der Waals surface area contributed by atoms with Gasteiger partial charge in [0.25, 0.3) is 21.8 Å². The van der Waals surface area contributed by atoms with Gasteiger partial charge in [0.15, 0.2) is 0 Å². The van der Waals surface area contributed by atoms with Gasteiger partial charge in [-0.1, -0.05) is 37.3 Å². The number of carboxylic acids is 1. The summed E-state index contributed by atoms with van der Waals surface area (Å²) in [6.07, 6.45) is 6.46. The molecule has 284 valence electrons. The lowest BCUT2D eigenvalue weighted by molar-refractivity contribution is 0.0599. The minimum absolute atomic E-state index is 0.0556. The molecule has 6 rings (SSSR count). The number of esters is 1. The third kappa shape index (κ3) is 8.93. The fourth-order valence-electron chi connectivity index (χ4n) is 6.38. The van der Waals surface area contributed by atoms with E-state index in [1.807, 2.05) is 36.4 Å². The molecule has 3 N–H and O–H groups in total. The topological polar surface area (TPSA) is 172 Å². The molecule has 2 heterocycles. The van der Waals surface area contributed by atoms with E-state index < -0.39 is 21.9 Å². The van der Waals surface area contributed by atoms with Gasteiger partial charge in [0.05, 0.1) is 28.7 Å². The van der Waals surface area contributed by atoms with Crippen LogP contribution >= 0.6 is 11.3 Å². The Morgan fingerprint density at radius 1 is 0.836 bits per heavy atom. The predicted molar refractivity (Wildman–Crippen MR) is 211 cm³/mol. The van der Waals surface area contributed by atoms with Crippen LogP contribution in [0.15, 0.2) is 96.0 Å². The molecule has 0 saturated heterocycles. The number of hydrogen-bond acceptors (Lipinski definition) is 9. The van der Waals surface area contributed by atoms with Gasteiger partial charge in [-0.3, -0.25) is 9.59 Å². The molecular formula is C41H40N4O8S2. The summed E-state index contributed by atoms with van der Waals surface area (Å²) < 4.78 is 33.6. The number of amides is 2. The van der Waals surface area contributed by atoms with Crippen molar-refractivity contribution < 1.29 is 37.4 Å². The Morgan fingerprint density at radius 2 is 1.51 bits per heavy atom. The number of carbonyl (C=O) groups excluding carboxylic acids is 3. The molecule has 0 saturated carbocycles. The highest BCUT2D eigenvalue weighted by Crippen LogP contribution is 2.39. The molecule has 55 heavy (non-hydrogen) atoms. The monoisotopic (exact) mass is 780 g/mol. The van der Waals surface area contributed by atoms with Crippen molar-refractivity contribution in [2.45, 2.75) is 56.8 Å². The number of nitrogens with zero attached hydrogens (tertiary/aromatic N) is 2. The standard InChI is InChI=1S/C41H40N4O8S2/c1-3-23-45(35-22-19-30(25-42-35)40(48)49)55(51,52)32-8-6-7-29(24-32)37(46)44-39-36(33-9-4-5-10-34(33)54-39)38(47)43-31-20-15-27(16-21-31)12-11-26-13-17-28(18-14-26)41(50)53-2/h6-8,13-22,24-25H,3-5,9-12,23H2,1-2H3,(H,43,47)(H,44,46)(H,48,49). The molecule has 0 bridgehead atoms. The van der Waals surface area contributed by atoms with Crippen molar-refractivity contribution in [1.82, 2.24) is 4.98 Å². The van der Waals surface area contributed by atoms with Gasteiger partial charge in [-0.15, -0.1) is 11.3 Å². The van der Waals surface area contributed by atoms with Gasteiger partial charge in [-0.05, 0) is 116 Å². The molecule has 0 unspecified atom stereocenters. The summed E-state index contributed by atoms with van der Waals surface area (Å²) in [5.74, 6) is -2.42. The number of thiophene rings is 1. The van der Waals surface area contributed by atoms with E-state index >= 15 is 0 Å². The number of aromatic nitrogens is 1. The van der Waals surface area contributed by atoms with E-state index in [9.17, 15) is 32.7 Å². The number of carbonyl (C=O) groups is 4. The highest BCUT2D eigenvalue weighted by Gasteiger charge is 2.29. The summed E-state index contributed by atoms with van der Waals surface area (Å²) in [4.78, 5) is 55.6. The first kappa shape index (κ1) is 38.9. The number of fused-ring (bicyclic) bond motifs is 1. The van der Waals surface area contributed by atoms with Crippen LogP contribution in [0.4, 0.5) is 16.5 Å². The van der Waals surface area contributed by atoms with Gasteiger partial charge in [-0.25, -0.2) is 27.3 Å². The van der Waals surface area contributed by atoms with Crippen LogP contribution in [0.1, 0.15) is 89.2 Å². The van der Waals surface area contributed by atoms with Gasteiger partial charge in [0.2, 0.25) is 0 Å². The van der Waals surface area contributed by atoms with Crippen LogP contribution in [-0.4, -0.2) is 55.9 Å². The third-order valence-corrected chi connectivity index (χ3v) is 12.3.